The fourth-order valence-electron chi connectivity index (χ4n) is 2.18. The Morgan fingerprint density at radius 3 is 2.56 bits per heavy atom. The standard InChI is InChI=1S/C19H11ClN2O3/c20-17-9-14(5-7-16(17)19(23)24)22-11-15-6-8-18(25-15)13-3-1-12(10-21)2-4-13/h1-9,11H,(H,23,24). The maximum atomic E-state index is 10.9. The number of carboxylic acids is 1. The molecule has 0 bridgehead atoms. The second kappa shape index (κ2) is 7.04. The van der Waals surface area contributed by atoms with Crippen LogP contribution in [0.2, 0.25) is 5.02 Å². The number of nitriles is 1. The average molecular weight is 351 g/mol. The number of hydrogen-bond donors (Lipinski definition) is 1. The molecule has 0 unspecified atom stereocenters. The van der Waals surface area contributed by atoms with E-state index in [2.05, 4.69) is 11.1 Å². The van der Waals surface area contributed by atoms with Crippen LogP contribution in [-0.4, -0.2) is 17.3 Å². The zero-order valence-corrected chi connectivity index (χ0v) is 13.6. The molecule has 0 fully saturated rings. The molecule has 0 spiro atoms. The Morgan fingerprint density at radius 2 is 1.92 bits per heavy atom. The molecule has 0 amide bonds. The normalized spacial score (nSPS) is 10.7. The van der Waals surface area contributed by atoms with Crippen molar-refractivity contribution in [2.45, 2.75) is 0 Å². The number of hydrogen-bond acceptors (Lipinski definition) is 4. The molecule has 0 aliphatic rings. The highest BCUT2D eigenvalue weighted by molar-refractivity contribution is 6.33. The van der Waals surface area contributed by atoms with Crippen LogP contribution in [0.5, 0.6) is 0 Å². The lowest BCUT2D eigenvalue weighted by molar-refractivity contribution is 0.0697. The number of halogens is 1. The molecule has 0 radical (unpaired) electrons. The first-order valence-electron chi connectivity index (χ1n) is 7.24. The number of aromatic carboxylic acids is 1. The van der Waals surface area contributed by atoms with Gasteiger partial charge in [-0.2, -0.15) is 5.26 Å². The van der Waals surface area contributed by atoms with E-state index in [0.29, 0.717) is 22.8 Å². The molecule has 3 rings (SSSR count). The van der Waals surface area contributed by atoms with E-state index in [-0.39, 0.29) is 10.6 Å². The van der Waals surface area contributed by atoms with Crippen LogP contribution in [0.3, 0.4) is 0 Å². The van der Waals surface area contributed by atoms with Crippen molar-refractivity contribution in [1.82, 2.24) is 0 Å². The van der Waals surface area contributed by atoms with Crippen molar-refractivity contribution in [3.05, 3.63) is 76.5 Å². The van der Waals surface area contributed by atoms with Gasteiger partial charge in [-0.15, -0.1) is 0 Å². The van der Waals surface area contributed by atoms with Gasteiger partial charge in [0.1, 0.15) is 11.5 Å². The van der Waals surface area contributed by atoms with Gasteiger partial charge in [0.05, 0.1) is 34.1 Å². The van der Waals surface area contributed by atoms with Crippen LogP contribution in [0.4, 0.5) is 5.69 Å². The molecule has 25 heavy (non-hydrogen) atoms. The lowest BCUT2D eigenvalue weighted by atomic mass is 10.1. The summed E-state index contributed by atoms with van der Waals surface area (Å²) in [5, 5.41) is 17.9. The molecule has 5 nitrogen and oxygen atoms in total. The minimum absolute atomic E-state index is 0.0294. The van der Waals surface area contributed by atoms with E-state index in [1.165, 1.54) is 18.3 Å². The molecule has 0 aliphatic heterocycles. The van der Waals surface area contributed by atoms with Gasteiger partial charge in [0.2, 0.25) is 0 Å². The van der Waals surface area contributed by atoms with Crippen molar-refractivity contribution in [3.8, 4) is 17.4 Å². The van der Waals surface area contributed by atoms with Crippen molar-refractivity contribution in [1.29, 1.82) is 5.26 Å². The Kier molecular flexibility index (Phi) is 4.64. The molecule has 1 heterocycles. The van der Waals surface area contributed by atoms with E-state index in [9.17, 15) is 4.79 Å². The quantitative estimate of drug-likeness (QED) is 0.676. The van der Waals surface area contributed by atoms with E-state index in [1.54, 1.807) is 24.3 Å². The summed E-state index contributed by atoms with van der Waals surface area (Å²) >= 11 is 5.91. The predicted molar refractivity (Wildman–Crippen MR) is 94.5 cm³/mol. The zero-order chi connectivity index (χ0) is 17.8. The monoisotopic (exact) mass is 350 g/mol. The number of furan rings is 1. The lowest BCUT2D eigenvalue weighted by Gasteiger charge is -1.99. The predicted octanol–water partition coefficient (Wildman–Crippen LogP) is 4.92. The van der Waals surface area contributed by atoms with Crippen LogP contribution in [0.25, 0.3) is 11.3 Å². The van der Waals surface area contributed by atoms with E-state index in [1.807, 2.05) is 18.2 Å². The minimum atomic E-state index is -1.08. The fourth-order valence-corrected chi connectivity index (χ4v) is 2.44. The number of nitrogens with zero attached hydrogens (tertiary/aromatic N) is 2. The average Bonchev–Trinajstić information content (AvgIpc) is 3.09. The summed E-state index contributed by atoms with van der Waals surface area (Å²) < 4.78 is 5.70. The van der Waals surface area contributed by atoms with Gasteiger partial charge in [0.25, 0.3) is 0 Å². The highest BCUT2D eigenvalue weighted by Gasteiger charge is 2.08. The minimum Gasteiger partial charge on any atom is -0.478 e. The third-order valence-corrected chi connectivity index (χ3v) is 3.76. The van der Waals surface area contributed by atoms with E-state index in [4.69, 9.17) is 26.4 Å². The number of aliphatic imine (C=N–C) groups is 1. The molecule has 0 saturated carbocycles. The topological polar surface area (TPSA) is 86.6 Å². The van der Waals surface area contributed by atoms with E-state index in [0.717, 1.165) is 5.56 Å². The van der Waals surface area contributed by atoms with Gasteiger partial charge < -0.3 is 9.52 Å². The highest BCUT2D eigenvalue weighted by atomic mass is 35.5. The third kappa shape index (κ3) is 3.77. The second-order valence-corrected chi connectivity index (χ2v) is 5.53. The zero-order valence-electron chi connectivity index (χ0n) is 12.8. The summed E-state index contributed by atoms with van der Waals surface area (Å²) in [4.78, 5) is 15.2. The number of carbonyl (C=O) groups is 1. The van der Waals surface area contributed by atoms with Crippen LogP contribution in [0.1, 0.15) is 21.7 Å². The highest BCUT2D eigenvalue weighted by Crippen LogP contribution is 2.24. The van der Waals surface area contributed by atoms with Gasteiger partial charge in [0, 0.05) is 5.56 Å². The van der Waals surface area contributed by atoms with Crippen LogP contribution in [-0.2, 0) is 0 Å². The van der Waals surface area contributed by atoms with Crippen molar-refractivity contribution in [2.75, 3.05) is 0 Å². The van der Waals surface area contributed by atoms with Crippen LogP contribution in [0, 0.1) is 11.3 Å². The summed E-state index contributed by atoms with van der Waals surface area (Å²) in [5.74, 6) is 0.113. The van der Waals surface area contributed by atoms with Gasteiger partial charge >= 0.3 is 5.97 Å². The lowest BCUT2D eigenvalue weighted by Crippen LogP contribution is -1.96. The molecule has 1 N–H and O–H groups in total. The molecule has 0 aliphatic carbocycles. The third-order valence-electron chi connectivity index (χ3n) is 3.45. The maximum Gasteiger partial charge on any atom is 0.337 e. The van der Waals surface area contributed by atoms with E-state index < -0.39 is 5.97 Å². The van der Waals surface area contributed by atoms with Gasteiger partial charge in [-0.1, -0.05) is 11.6 Å². The van der Waals surface area contributed by atoms with Gasteiger partial charge in [-0.3, -0.25) is 4.99 Å². The van der Waals surface area contributed by atoms with Crippen molar-refractivity contribution < 1.29 is 14.3 Å². The molecule has 2 aromatic carbocycles. The van der Waals surface area contributed by atoms with Crippen molar-refractivity contribution >= 4 is 29.5 Å². The van der Waals surface area contributed by atoms with Gasteiger partial charge in [0.15, 0.2) is 0 Å². The summed E-state index contributed by atoms with van der Waals surface area (Å²) in [6.45, 7) is 0. The maximum absolute atomic E-state index is 10.9. The fraction of sp³-hybridized carbons (Fsp3) is 0. The van der Waals surface area contributed by atoms with Crippen LogP contribution in [0.15, 0.2) is 64.0 Å². The first-order chi connectivity index (χ1) is 12.1. The second-order valence-electron chi connectivity index (χ2n) is 5.12. The smallest absolute Gasteiger partial charge is 0.337 e. The first-order valence-corrected chi connectivity index (χ1v) is 7.62. The summed E-state index contributed by atoms with van der Waals surface area (Å²) in [5.41, 5.74) is 1.99. The molecule has 6 heteroatoms. The summed E-state index contributed by atoms with van der Waals surface area (Å²) in [7, 11) is 0. The number of carboxylic acid groups (broad SMARTS) is 1. The summed E-state index contributed by atoms with van der Waals surface area (Å²) in [6.07, 6.45) is 1.53. The Morgan fingerprint density at radius 1 is 1.16 bits per heavy atom. The van der Waals surface area contributed by atoms with Gasteiger partial charge in [-0.05, 0) is 54.6 Å². The molecule has 0 atom stereocenters. The Hall–Kier alpha value is -3.36. The molecular weight excluding hydrogens is 340 g/mol. The molecule has 3 aromatic rings. The summed E-state index contributed by atoms with van der Waals surface area (Å²) in [6, 6.07) is 17.1. The SMILES string of the molecule is N#Cc1ccc(-c2ccc(C=Nc3ccc(C(=O)O)c(Cl)c3)o2)cc1. The molecular formula is C19H11ClN2O3. The van der Waals surface area contributed by atoms with Crippen LogP contribution >= 0.6 is 11.6 Å². The Balaban J connectivity index is 1.79. The Labute approximate surface area is 148 Å². The Bertz CT molecular complexity index is 998. The van der Waals surface area contributed by atoms with E-state index >= 15 is 0 Å². The van der Waals surface area contributed by atoms with Crippen molar-refractivity contribution in [3.63, 3.8) is 0 Å². The van der Waals surface area contributed by atoms with Crippen molar-refractivity contribution in [2.24, 2.45) is 4.99 Å². The first kappa shape index (κ1) is 16.5. The largest absolute Gasteiger partial charge is 0.478 e. The van der Waals surface area contributed by atoms with Gasteiger partial charge in [-0.25, -0.2) is 4.79 Å². The molecule has 122 valence electrons. The number of benzene rings is 2. The molecule has 0 saturated heterocycles. The number of rotatable bonds is 4. The molecule has 1 aromatic heterocycles. The van der Waals surface area contributed by atoms with Crippen LogP contribution < -0.4 is 0 Å².